The predicted octanol–water partition coefficient (Wildman–Crippen LogP) is 1.63. The van der Waals surface area contributed by atoms with Gasteiger partial charge in [0.2, 0.25) is 0 Å². The minimum absolute atomic E-state index is 0.0121. The van der Waals surface area contributed by atoms with E-state index in [1.807, 2.05) is 47.9 Å². The van der Waals surface area contributed by atoms with Gasteiger partial charge in [0.1, 0.15) is 11.0 Å². The van der Waals surface area contributed by atoms with Gasteiger partial charge in [0.25, 0.3) is 5.91 Å². The lowest BCUT2D eigenvalue weighted by atomic mass is 10.1. The monoisotopic (exact) mass is 419 g/mol. The molecule has 28 heavy (non-hydrogen) atoms. The highest BCUT2D eigenvalue weighted by Crippen LogP contribution is 2.24. The van der Waals surface area contributed by atoms with Crippen molar-refractivity contribution < 1.29 is 14.7 Å². The smallest absolute Gasteiger partial charge is 0.254 e. The summed E-state index contributed by atoms with van der Waals surface area (Å²) in [7, 11) is 0. The molecule has 2 heterocycles. The average molecular weight is 420 g/mol. The second kappa shape index (κ2) is 8.79. The van der Waals surface area contributed by atoms with Crippen LogP contribution in [-0.4, -0.2) is 58.2 Å². The Kier molecular flexibility index (Phi) is 6.41. The Bertz CT molecular complexity index is 878. The molecule has 1 aromatic carbocycles. The maximum absolute atomic E-state index is 12.8. The number of hydrogen-bond acceptors (Lipinski definition) is 7. The van der Waals surface area contributed by atoms with E-state index in [-0.39, 0.29) is 28.0 Å². The summed E-state index contributed by atoms with van der Waals surface area (Å²) in [5.41, 5.74) is 1.79. The first-order valence-electron chi connectivity index (χ1n) is 8.83. The molecule has 1 saturated heterocycles. The first-order valence-corrected chi connectivity index (χ1v) is 10.2. The zero-order valence-electron chi connectivity index (χ0n) is 15.6. The molecule has 1 fully saturated rings. The topological polar surface area (TPSA) is 89.5 Å². The number of carboxylic acids is 1. The molecule has 0 spiro atoms. The minimum Gasteiger partial charge on any atom is -0.549 e. The van der Waals surface area contributed by atoms with E-state index >= 15 is 0 Å². The lowest BCUT2D eigenvalue weighted by Crippen LogP contribution is -2.54. The number of anilines is 1. The van der Waals surface area contributed by atoms with Gasteiger partial charge in [0.15, 0.2) is 5.16 Å². The fraction of sp³-hybridized carbons (Fsp3) is 0.368. The molecule has 0 unspecified atom stereocenters. The van der Waals surface area contributed by atoms with E-state index < -0.39 is 5.97 Å². The summed E-state index contributed by atoms with van der Waals surface area (Å²) in [6, 6.07) is 9.19. The van der Waals surface area contributed by atoms with Gasteiger partial charge in [-0.25, -0.2) is 9.97 Å². The van der Waals surface area contributed by atoms with Crippen molar-refractivity contribution in [1.29, 1.82) is 0 Å². The Hall–Kier alpha value is -2.32. The fourth-order valence-electron chi connectivity index (χ4n) is 3.06. The van der Waals surface area contributed by atoms with Gasteiger partial charge in [-0.2, -0.15) is 0 Å². The van der Waals surface area contributed by atoms with E-state index in [4.69, 9.17) is 11.6 Å². The van der Waals surface area contributed by atoms with Crippen molar-refractivity contribution in [3.8, 4) is 0 Å². The highest BCUT2D eigenvalue weighted by Gasteiger charge is 2.29. The van der Waals surface area contributed by atoms with Crippen molar-refractivity contribution in [3.63, 3.8) is 0 Å². The summed E-state index contributed by atoms with van der Waals surface area (Å²) < 4.78 is 0. The summed E-state index contributed by atoms with van der Waals surface area (Å²) in [4.78, 5) is 35.8. The van der Waals surface area contributed by atoms with E-state index in [1.165, 1.54) is 0 Å². The number of aromatic nitrogens is 2. The number of aryl methyl sites for hydroxylation is 1. The predicted molar refractivity (Wildman–Crippen MR) is 107 cm³/mol. The van der Waals surface area contributed by atoms with Gasteiger partial charge in [-0.3, -0.25) is 4.79 Å². The number of hydrogen-bond donors (Lipinski definition) is 0. The molecule has 0 aliphatic carbocycles. The largest absolute Gasteiger partial charge is 0.549 e. The van der Waals surface area contributed by atoms with Crippen molar-refractivity contribution in [2.24, 2.45) is 0 Å². The van der Waals surface area contributed by atoms with Gasteiger partial charge in [-0.05, 0) is 26.0 Å². The average Bonchev–Trinajstić information content (AvgIpc) is 2.66. The molecular weight excluding hydrogens is 400 g/mol. The van der Waals surface area contributed by atoms with E-state index in [0.29, 0.717) is 31.0 Å². The van der Waals surface area contributed by atoms with Crippen LogP contribution in [0.5, 0.6) is 0 Å². The lowest BCUT2D eigenvalue weighted by molar-refractivity contribution is -0.301. The van der Waals surface area contributed by atoms with E-state index in [1.54, 1.807) is 6.07 Å². The fourth-order valence-corrected chi connectivity index (χ4v) is 3.86. The Balaban J connectivity index is 1.70. The number of amides is 1. The van der Waals surface area contributed by atoms with Gasteiger partial charge in [0, 0.05) is 43.1 Å². The number of piperazine rings is 1. The second-order valence-corrected chi connectivity index (χ2v) is 7.98. The van der Waals surface area contributed by atoms with Crippen LogP contribution >= 0.6 is 23.4 Å². The minimum atomic E-state index is -1.19. The van der Waals surface area contributed by atoms with Crippen LogP contribution in [0.2, 0.25) is 5.15 Å². The van der Waals surface area contributed by atoms with Crippen LogP contribution in [0.4, 0.5) is 5.82 Å². The molecule has 0 bridgehead atoms. The Morgan fingerprint density at radius 2 is 1.96 bits per heavy atom. The van der Waals surface area contributed by atoms with Crippen LogP contribution in [0.25, 0.3) is 0 Å². The van der Waals surface area contributed by atoms with Gasteiger partial charge in [-0.1, -0.05) is 41.1 Å². The molecule has 1 aromatic heterocycles. The molecular formula is C19H20ClN4O3S-. The Morgan fingerprint density at radius 3 is 2.61 bits per heavy atom. The molecule has 1 amide bonds. The Labute approximate surface area is 172 Å². The van der Waals surface area contributed by atoms with Gasteiger partial charge < -0.3 is 19.7 Å². The van der Waals surface area contributed by atoms with E-state index in [9.17, 15) is 14.7 Å². The van der Waals surface area contributed by atoms with Crippen LogP contribution in [0.3, 0.4) is 0 Å². The number of aliphatic carboxylic acids is 1. The van der Waals surface area contributed by atoms with Crippen LogP contribution in [0, 0.1) is 6.92 Å². The van der Waals surface area contributed by atoms with Crippen LogP contribution in [-0.2, 0) is 4.79 Å². The summed E-state index contributed by atoms with van der Waals surface area (Å²) >= 11 is 7.04. The van der Waals surface area contributed by atoms with Crippen LogP contribution < -0.4 is 10.0 Å². The first kappa shape index (κ1) is 20.4. The van der Waals surface area contributed by atoms with Crippen LogP contribution in [0.1, 0.15) is 22.8 Å². The van der Waals surface area contributed by atoms with Crippen molar-refractivity contribution in [3.05, 3.63) is 46.6 Å². The molecule has 0 N–H and O–H groups in total. The number of carbonyl (C=O) groups is 2. The molecule has 148 valence electrons. The number of halogens is 1. The highest BCUT2D eigenvalue weighted by atomic mass is 35.5. The summed E-state index contributed by atoms with van der Waals surface area (Å²) in [5.74, 6) is -0.796. The SMILES string of the molecule is Cc1ccc(C(=O)N2CCN(c3cc(Cl)nc(SCC(=O)[O-])n3)C[C@H]2C)cc1. The highest BCUT2D eigenvalue weighted by molar-refractivity contribution is 7.99. The number of carbonyl (C=O) groups excluding carboxylic acids is 2. The normalized spacial score (nSPS) is 16.9. The summed E-state index contributed by atoms with van der Waals surface area (Å²) in [5, 5.41) is 11.2. The van der Waals surface area contributed by atoms with Gasteiger partial charge in [-0.15, -0.1) is 0 Å². The third-order valence-corrected chi connectivity index (χ3v) is 5.51. The third-order valence-electron chi connectivity index (χ3n) is 4.49. The second-order valence-electron chi connectivity index (χ2n) is 6.65. The zero-order chi connectivity index (χ0) is 20.3. The van der Waals surface area contributed by atoms with Crippen molar-refractivity contribution >= 4 is 41.1 Å². The number of rotatable bonds is 5. The van der Waals surface area contributed by atoms with Gasteiger partial charge >= 0.3 is 0 Å². The molecule has 0 saturated carbocycles. The standard InChI is InChI=1S/C19H21ClN4O3S/c1-12-3-5-14(6-4-12)18(27)24-8-7-23(10-13(24)2)16-9-15(20)21-19(22-16)28-11-17(25)26/h3-6,9,13H,7-8,10-11H2,1-2H3,(H,25,26)/p-1/t13-/m1/s1. The zero-order valence-corrected chi connectivity index (χ0v) is 17.2. The quantitative estimate of drug-likeness (QED) is 0.413. The molecule has 0 radical (unpaired) electrons. The molecule has 7 nitrogen and oxygen atoms in total. The number of carboxylic acid groups (broad SMARTS) is 1. The lowest BCUT2D eigenvalue weighted by Gasteiger charge is -2.40. The summed E-state index contributed by atoms with van der Waals surface area (Å²) in [6.07, 6.45) is 0. The van der Waals surface area contributed by atoms with Crippen molar-refractivity contribution in [2.75, 3.05) is 30.3 Å². The maximum atomic E-state index is 12.8. The van der Waals surface area contributed by atoms with Crippen LogP contribution in [0.15, 0.2) is 35.5 Å². The molecule has 3 rings (SSSR count). The Morgan fingerprint density at radius 1 is 1.25 bits per heavy atom. The first-order chi connectivity index (χ1) is 13.3. The van der Waals surface area contributed by atoms with Crippen molar-refractivity contribution in [2.45, 2.75) is 25.0 Å². The van der Waals surface area contributed by atoms with Gasteiger partial charge in [0.05, 0.1) is 5.97 Å². The molecule has 1 atom stereocenters. The maximum Gasteiger partial charge on any atom is 0.254 e. The molecule has 2 aromatic rings. The third kappa shape index (κ3) is 4.94. The number of thioether (sulfide) groups is 1. The summed E-state index contributed by atoms with van der Waals surface area (Å²) in [6.45, 7) is 5.72. The van der Waals surface area contributed by atoms with E-state index in [0.717, 1.165) is 17.3 Å². The van der Waals surface area contributed by atoms with Crippen molar-refractivity contribution in [1.82, 2.24) is 14.9 Å². The molecule has 1 aliphatic heterocycles. The molecule has 1 aliphatic rings. The number of nitrogens with zero attached hydrogens (tertiary/aromatic N) is 4. The number of benzene rings is 1. The van der Waals surface area contributed by atoms with E-state index in [2.05, 4.69) is 9.97 Å². The molecule has 9 heteroatoms.